The van der Waals surface area contributed by atoms with Crippen LogP contribution >= 0.6 is 11.3 Å². The van der Waals surface area contributed by atoms with E-state index in [0.717, 1.165) is 11.1 Å². The van der Waals surface area contributed by atoms with E-state index < -0.39 is 15.9 Å². The zero-order valence-corrected chi connectivity index (χ0v) is 18.3. The monoisotopic (exact) mass is 442 g/mol. The molecule has 2 aromatic carbocycles. The second-order valence-corrected chi connectivity index (χ2v) is 10.1. The fraction of sp³-hybridized carbons (Fsp3) is 0.227. The molecule has 3 aromatic rings. The van der Waals surface area contributed by atoms with Crippen LogP contribution in [0.25, 0.3) is 0 Å². The number of nitrogens with one attached hydrogen (secondary N) is 1. The molecule has 156 valence electrons. The predicted octanol–water partition coefficient (Wildman–Crippen LogP) is 4.06. The number of aryl methyl sites for hydroxylation is 1. The minimum atomic E-state index is -3.70. The fourth-order valence-electron chi connectivity index (χ4n) is 3.49. The Balaban J connectivity index is 1.58. The van der Waals surface area contributed by atoms with Crippen molar-refractivity contribution >= 4 is 33.0 Å². The lowest BCUT2D eigenvalue weighted by Crippen LogP contribution is -2.35. The fourth-order valence-corrected chi connectivity index (χ4v) is 5.84. The minimum Gasteiger partial charge on any atom is -0.495 e. The van der Waals surface area contributed by atoms with Gasteiger partial charge in [0.05, 0.1) is 17.7 Å². The van der Waals surface area contributed by atoms with Gasteiger partial charge >= 0.3 is 0 Å². The van der Waals surface area contributed by atoms with Crippen LogP contribution in [0.2, 0.25) is 0 Å². The molecule has 0 unspecified atom stereocenters. The number of hydrogen-bond acceptors (Lipinski definition) is 5. The van der Waals surface area contributed by atoms with Crippen LogP contribution in [-0.4, -0.2) is 32.3 Å². The number of fused-ring (bicyclic) bond motifs is 1. The molecule has 4 rings (SSSR count). The molecule has 0 atom stereocenters. The summed E-state index contributed by atoms with van der Waals surface area (Å²) < 4.78 is 33.1. The molecule has 6 nitrogen and oxygen atoms in total. The highest BCUT2D eigenvalue weighted by Gasteiger charge is 2.29. The number of methoxy groups -OCH3 is 1. The number of hydrogen-bond donors (Lipinski definition) is 1. The van der Waals surface area contributed by atoms with Gasteiger partial charge in [0, 0.05) is 23.5 Å². The van der Waals surface area contributed by atoms with Gasteiger partial charge in [-0.3, -0.25) is 4.79 Å². The number of amides is 1. The number of benzene rings is 2. The van der Waals surface area contributed by atoms with Crippen molar-refractivity contribution in [2.24, 2.45) is 0 Å². The van der Waals surface area contributed by atoms with Crippen LogP contribution in [-0.2, 0) is 23.0 Å². The normalized spacial score (nSPS) is 14.2. The number of anilines is 1. The molecule has 1 N–H and O–H groups in total. The highest BCUT2D eigenvalue weighted by atomic mass is 32.2. The van der Waals surface area contributed by atoms with Gasteiger partial charge in [0.2, 0.25) is 10.0 Å². The summed E-state index contributed by atoms with van der Waals surface area (Å²) in [6.45, 7) is 2.71. The molecular weight excluding hydrogens is 420 g/mol. The van der Waals surface area contributed by atoms with Crippen LogP contribution in [0.5, 0.6) is 5.75 Å². The molecule has 0 saturated carbocycles. The van der Waals surface area contributed by atoms with Gasteiger partial charge in [0.1, 0.15) is 5.75 Å². The van der Waals surface area contributed by atoms with Crippen LogP contribution in [0.3, 0.4) is 0 Å². The Morgan fingerprint density at radius 2 is 2.00 bits per heavy atom. The van der Waals surface area contributed by atoms with E-state index >= 15 is 0 Å². The Kier molecular flexibility index (Phi) is 5.64. The van der Waals surface area contributed by atoms with Crippen molar-refractivity contribution in [3.05, 3.63) is 75.5 Å². The van der Waals surface area contributed by atoms with Crippen LogP contribution in [0, 0.1) is 6.92 Å². The van der Waals surface area contributed by atoms with Gasteiger partial charge in [-0.05, 0) is 66.2 Å². The number of thiophene rings is 1. The first-order valence-corrected chi connectivity index (χ1v) is 11.8. The highest BCUT2D eigenvalue weighted by Crippen LogP contribution is 2.29. The summed E-state index contributed by atoms with van der Waals surface area (Å²) in [6.07, 6.45) is 0.708. The molecule has 0 bridgehead atoms. The van der Waals surface area contributed by atoms with Gasteiger partial charge < -0.3 is 10.1 Å². The summed E-state index contributed by atoms with van der Waals surface area (Å²) >= 11 is 1.66. The maximum absolute atomic E-state index is 13.2. The number of nitrogens with zero attached hydrogens (tertiary/aromatic N) is 1. The summed E-state index contributed by atoms with van der Waals surface area (Å²) in [5.74, 6) is 0.146. The summed E-state index contributed by atoms with van der Waals surface area (Å²) in [4.78, 5) is 14.2. The summed E-state index contributed by atoms with van der Waals surface area (Å²) in [5.41, 5.74) is 2.83. The Bertz CT molecular complexity index is 1200. The second kappa shape index (κ2) is 8.22. The molecule has 1 aliphatic rings. The van der Waals surface area contributed by atoms with Crippen LogP contribution in [0.1, 0.15) is 26.4 Å². The van der Waals surface area contributed by atoms with Crippen molar-refractivity contribution in [3.63, 3.8) is 0 Å². The molecule has 30 heavy (non-hydrogen) atoms. The van der Waals surface area contributed by atoms with E-state index in [9.17, 15) is 13.2 Å². The van der Waals surface area contributed by atoms with Crippen molar-refractivity contribution in [2.75, 3.05) is 19.0 Å². The maximum Gasteiger partial charge on any atom is 0.255 e. The molecule has 0 spiro atoms. The number of rotatable bonds is 5. The first kappa shape index (κ1) is 20.6. The van der Waals surface area contributed by atoms with E-state index in [4.69, 9.17) is 4.74 Å². The van der Waals surface area contributed by atoms with Crippen molar-refractivity contribution in [2.45, 2.75) is 24.8 Å². The number of carbonyl (C=O) groups is 1. The third-order valence-electron chi connectivity index (χ3n) is 5.11. The van der Waals surface area contributed by atoms with Crippen molar-refractivity contribution in [1.82, 2.24) is 4.31 Å². The maximum atomic E-state index is 13.2. The molecule has 1 aliphatic heterocycles. The van der Waals surface area contributed by atoms with Crippen LogP contribution in [0.4, 0.5) is 5.69 Å². The van der Waals surface area contributed by atoms with E-state index in [2.05, 4.69) is 5.32 Å². The average Bonchev–Trinajstić information content (AvgIpc) is 3.22. The molecule has 0 aliphatic carbocycles. The summed E-state index contributed by atoms with van der Waals surface area (Å²) in [7, 11) is -2.17. The lowest BCUT2D eigenvalue weighted by Gasteiger charge is -2.26. The topological polar surface area (TPSA) is 75.7 Å². The number of ether oxygens (including phenoxy) is 1. The van der Waals surface area contributed by atoms with E-state index in [-0.39, 0.29) is 10.5 Å². The first-order valence-electron chi connectivity index (χ1n) is 9.50. The first-order chi connectivity index (χ1) is 14.4. The van der Waals surface area contributed by atoms with Crippen molar-refractivity contribution in [3.8, 4) is 5.75 Å². The Labute approximate surface area is 180 Å². The van der Waals surface area contributed by atoms with E-state index in [1.165, 1.54) is 28.4 Å². The van der Waals surface area contributed by atoms with Crippen molar-refractivity contribution in [1.29, 1.82) is 0 Å². The van der Waals surface area contributed by atoms with E-state index in [1.807, 2.05) is 30.5 Å². The molecule has 1 aromatic heterocycles. The average molecular weight is 443 g/mol. The summed E-state index contributed by atoms with van der Waals surface area (Å²) in [5, 5.41) is 4.81. The molecule has 0 saturated heterocycles. The number of sulfonamides is 1. The highest BCUT2D eigenvalue weighted by molar-refractivity contribution is 7.89. The molecule has 1 amide bonds. The van der Waals surface area contributed by atoms with Crippen molar-refractivity contribution < 1.29 is 17.9 Å². The zero-order chi connectivity index (χ0) is 21.3. The molecule has 8 heteroatoms. The molecule has 0 fully saturated rings. The SMILES string of the molecule is COc1ccc(C)cc1NC(=O)c1cccc(S(=O)(=O)N2CCc3sccc3C2)c1. The van der Waals surface area contributed by atoms with Crippen LogP contribution in [0.15, 0.2) is 58.8 Å². The second-order valence-electron chi connectivity index (χ2n) is 7.14. The Morgan fingerprint density at radius 1 is 1.17 bits per heavy atom. The lowest BCUT2D eigenvalue weighted by atomic mass is 10.1. The van der Waals surface area contributed by atoms with Gasteiger partial charge in [-0.2, -0.15) is 4.31 Å². The Morgan fingerprint density at radius 3 is 2.80 bits per heavy atom. The molecular formula is C22H22N2O4S2. The minimum absolute atomic E-state index is 0.116. The third kappa shape index (κ3) is 3.98. The van der Waals surface area contributed by atoms with Gasteiger partial charge in [-0.25, -0.2) is 8.42 Å². The van der Waals surface area contributed by atoms with E-state index in [0.29, 0.717) is 30.9 Å². The van der Waals surface area contributed by atoms with Gasteiger partial charge in [0.25, 0.3) is 5.91 Å². The predicted molar refractivity (Wildman–Crippen MR) is 118 cm³/mol. The van der Waals surface area contributed by atoms with Gasteiger partial charge in [0.15, 0.2) is 0 Å². The molecule has 0 radical (unpaired) electrons. The Hall–Kier alpha value is -2.68. The largest absolute Gasteiger partial charge is 0.495 e. The lowest BCUT2D eigenvalue weighted by molar-refractivity contribution is 0.102. The zero-order valence-electron chi connectivity index (χ0n) is 16.7. The third-order valence-corrected chi connectivity index (χ3v) is 7.97. The van der Waals surface area contributed by atoms with E-state index in [1.54, 1.807) is 29.5 Å². The molecule has 2 heterocycles. The number of carbonyl (C=O) groups excluding carboxylic acids is 1. The standard InChI is InChI=1S/C22H22N2O4S2/c1-15-6-7-20(28-2)19(12-15)23-22(25)16-4-3-5-18(13-16)30(26,27)24-10-8-21-17(14-24)9-11-29-21/h3-7,9,11-13H,8,10,14H2,1-2H3,(H,23,25). The smallest absolute Gasteiger partial charge is 0.255 e. The quantitative estimate of drug-likeness (QED) is 0.646. The van der Waals surface area contributed by atoms with Gasteiger partial charge in [-0.1, -0.05) is 12.1 Å². The van der Waals surface area contributed by atoms with Gasteiger partial charge in [-0.15, -0.1) is 11.3 Å². The summed E-state index contributed by atoms with van der Waals surface area (Å²) in [6, 6.07) is 13.6. The van der Waals surface area contributed by atoms with Crippen LogP contribution < -0.4 is 10.1 Å².